The van der Waals surface area contributed by atoms with E-state index in [0.29, 0.717) is 12.8 Å². The summed E-state index contributed by atoms with van der Waals surface area (Å²) in [5.41, 5.74) is 3.22. The lowest BCUT2D eigenvalue weighted by Crippen LogP contribution is -2.19. The molecule has 1 aliphatic carbocycles. The van der Waals surface area contributed by atoms with Crippen LogP contribution in [-0.2, 0) is 20.7 Å². The summed E-state index contributed by atoms with van der Waals surface area (Å²) in [5.74, 6) is 0.0549. The fourth-order valence-corrected chi connectivity index (χ4v) is 3.92. The third-order valence-electron chi connectivity index (χ3n) is 5.72. The van der Waals surface area contributed by atoms with E-state index < -0.39 is 6.10 Å². The second kappa shape index (κ2) is 13.2. The molecule has 0 unspecified atom stereocenters. The first-order valence-electron chi connectivity index (χ1n) is 11.8. The van der Waals surface area contributed by atoms with E-state index in [0.717, 1.165) is 31.3 Å². The van der Waals surface area contributed by atoms with Gasteiger partial charge in [-0.25, -0.2) is 0 Å². The third kappa shape index (κ3) is 8.96. The van der Waals surface area contributed by atoms with Crippen LogP contribution in [0.1, 0.15) is 64.0 Å². The van der Waals surface area contributed by atoms with Crippen molar-refractivity contribution in [1.82, 2.24) is 0 Å². The van der Waals surface area contributed by atoms with Gasteiger partial charge in [0.15, 0.2) is 5.78 Å². The highest BCUT2D eigenvalue weighted by molar-refractivity contribution is 6.07. The van der Waals surface area contributed by atoms with Gasteiger partial charge >= 0.3 is 5.97 Å². The SMILES string of the molecule is Cc1cccc(C[C@H](C)[C@H](O)C/C=C2/C(=O)C=C[C@@H]2C/C=C\CCCC(=O)OC(C)C)c1. The van der Waals surface area contributed by atoms with Crippen molar-refractivity contribution in [2.45, 2.75) is 78.4 Å². The van der Waals surface area contributed by atoms with Crippen LogP contribution in [0.4, 0.5) is 0 Å². The van der Waals surface area contributed by atoms with Crippen LogP contribution in [-0.4, -0.2) is 29.1 Å². The van der Waals surface area contributed by atoms with Gasteiger partial charge in [0, 0.05) is 17.9 Å². The predicted octanol–water partition coefficient (Wildman–Crippen LogP) is 5.67. The maximum absolute atomic E-state index is 12.3. The topological polar surface area (TPSA) is 63.6 Å². The third-order valence-corrected chi connectivity index (χ3v) is 5.72. The Morgan fingerprint density at radius 3 is 2.72 bits per heavy atom. The minimum atomic E-state index is -0.488. The Bertz CT molecular complexity index is 847. The fraction of sp³-hybridized carbons (Fsp3) is 0.500. The summed E-state index contributed by atoms with van der Waals surface area (Å²) < 4.78 is 5.13. The van der Waals surface area contributed by atoms with Gasteiger partial charge in [0.1, 0.15) is 0 Å². The first-order valence-corrected chi connectivity index (χ1v) is 11.8. The van der Waals surface area contributed by atoms with Gasteiger partial charge in [0.2, 0.25) is 0 Å². The van der Waals surface area contributed by atoms with E-state index >= 15 is 0 Å². The summed E-state index contributed by atoms with van der Waals surface area (Å²) in [5, 5.41) is 10.6. The highest BCUT2D eigenvalue weighted by Gasteiger charge is 2.23. The molecule has 1 aliphatic rings. The number of rotatable bonds is 12. The van der Waals surface area contributed by atoms with Gasteiger partial charge in [-0.05, 0) is 70.4 Å². The molecule has 174 valence electrons. The number of esters is 1. The molecule has 0 heterocycles. The van der Waals surface area contributed by atoms with Gasteiger partial charge in [-0.15, -0.1) is 0 Å². The molecule has 3 atom stereocenters. The number of aliphatic hydroxyl groups is 1. The summed E-state index contributed by atoms with van der Waals surface area (Å²) in [6.45, 7) is 7.83. The molecule has 4 nitrogen and oxygen atoms in total. The molecule has 0 spiro atoms. The van der Waals surface area contributed by atoms with Crippen LogP contribution in [0.15, 0.2) is 60.2 Å². The number of carbonyl (C=O) groups is 2. The summed E-state index contributed by atoms with van der Waals surface area (Å²) in [6, 6.07) is 8.36. The maximum atomic E-state index is 12.3. The average Bonchev–Trinajstić information content (AvgIpc) is 3.07. The molecular formula is C28H38O4. The van der Waals surface area contributed by atoms with Gasteiger partial charge in [-0.1, -0.05) is 61.1 Å². The molecule has 0 amide bonds. The van der Waals surface area contributed by atoms with Crippen LogP contribution < -0.4 is 0 Å². The molecule has 0 aliphatic heterocycles. The summed E-state index contributed by atoms with van der Waals surface area (Å²) >= 11 is 0. The van der Waals surface area contributed by atoms with Crippen molar-refractivity contribution in [3.8, 4) is 0 Å². The van der Waals surface area contributed by atoms with Gasteiger partial charge in [0.25, 0.3) is 0 Å². The van der Waals surface area contributed by atoms with Crippen molar-refractivity contribution in [2.75, 3.05) is 0 Å². The molecule has 0 aromatic heterocycles. The smallest absolute Gasteiger partial charge is 0.306 e. The van der Waals surface area contributed by atoms with Crippen LogP contribution in [0, 0.1) is 18.8 Å². The van der Waals surface area contributed by atoms with Crippen LogP contribution in [0.25, 0.3) is 0 Å². The Morgan fingerprint density at radius 1 is 1.22 bits per heavy atom. The summed E-state index contributed by atoms with van der Waals surface area (Å²) in [6.07, 6.45) is 13.1. The Balaban J connectivity index is 1.79. The van der Waals surface area contributed by atoms with Gasteiger partial charge in [-0.3, -0.25) is 9.59 Å². The Hall–Kier alpha value is -2.46. The highest BCUT2D eigenvalue weighted by Crippen LogP contribution is 2.27. The molecule has 1 aromatic carbocycles. The van der Waals surface area contributed by atoms with Crippen molar-refractivity contribution < 1.29 is 19.4 Å². The molecule has 0 saturated heterocycles. The van der Waals surface area contributed by atoms with Crippen molar-refractivity contribution in [3.63, 3.8) is 0 Å². The van der Waals surface area contributed by atoms with Crippen molar-refractivity contribution in [3.05, 3.63) is 71.3 Å². The Labute approximate surface area is 193 Å². The second-order valence-corrected chi connectivity index (χ2v) is 9.10. The summed E-state index contributed by atoms with van der Waals surface area (Å²) in [4.78, 5) is 23.8. The van der Waals surface area contributed by atoms with Gasteiger partial charge in [-0.2, -0.15) is 0 Å². The van der Waals surface area contributed by atoms with Gasteiger partial charge in [0.05, 0.1) is 12.2 Å². The van der Waals surface area contributed by atoms with E-state index in [1.807, 2.05) is 32.1 Å². The van der Waals surface area contributed by atoms with Gasteiger partial charge < -0.3 is 9.84 Å². The number of unbranched alkanes of at least 4 members (excludes halogenated alkanes) is 1. The first kappa shape index (κ1) is 25.8. The highest BCUT2D eigenvalue weighted by atomic mass is 16.5. The molecule has 0 bridgehead atoms. The average molecular weight is 439 g/mol. The molecule has 4 heteroatoms. The number of hydrogen-bond acceptors (Lipinski definition) is 4. The lowest BCUT2D eigenvalue weighted by molar-refractivity contribution is -0.147. The minimum absolute atomic E-state index is 0.0402. The number of carbonyl (C=O) groups excluding carboxylic acids is 2. The molecule has 2 rings (SSSR count). The number of ketones is 1. The molecule has 0 saturated carbocycles. The molecule has 1 N–H and O–H groups in total. The normalized spacial score (nSPS) is 19.2. The molecule has 32 heavy (non-hydrogen) atoms. The van der Waals surface area contributed by atoms with E-state index in [1.165, 1.54) is 11.1 Å². The predicted molar refractivity (Wildman–Crippen MR) is 129 cm³/mol. The lowest BCUT2D eigenvalue weighted by atomic mass is 9.91. The zero-order valence-corrected chi connectivity index (χ0v) is 19.9. The number of ether oxygens (including phenoxy) is 1. The zero-order valence-electron chi connectivity index (χ0n) is 19.9. The van der Waals surface area contributed by atoms with Crippen LogP contribution >= 0.6 is 0 Å². The number of aliphatic hydroxyl groups excluding tert-OH is 1. The van der Waals surface area contributed by atoms with Crippen LogP contribution in [0.2, 0.25) is 0 Å². The lowest BCUT2D eigenvalue weighted by Gasteiger charge is -2.18. The number of aryl methyl sites for hydroxylation is 1. The fourth-order valence-electron chi connectivity index (χ4n) is 3.92. The Kier molecular flexibility index (Phi) is 10.6. The number of allylic oxidation sites excluding steroid dienone is 5. The molecule has 0 fully saturated rings. The van der Waals surface area contributed by atoms with E-state index in [9.17, 15) is 14.7 Å². The van der Waals surface area contributed by atoms with E-state index in [1.54, 1.807) is 6.08 Å². The van der Waals surface area contributed by atoms with Crippen LogP contribution in [0.3, 0.4) is 0 Å². The quantitative estimate of drug-likeness (QED) is 0.197. The standard InChI is InChI=1S/C28H38O4/c1-20(2)32-28(31)13-8-6-5-7-12-24-14-16-27(30)25(24)15-17-26(29)22(4)19-23-11-9-10-21(3)18-23/h5,7,9-11,14-16,18,20,22,24,26,29H,6,8,12-13,17,19H2,1-4H3/b7-5-,25-15+/t22-,24-,26+/m0/s1. The van der Waals surface area contributed by atoms with E-state index in [4.69, 9.17) is 4.74 Å². The minimum Gasteiger partial charge on any atom is -0.463 e. The largest absolute Gasteiger partial charge is 0.463 e. The maximum Gasteiger partial charge on any atom is 0.306 e. The van der Waals surface area contributed by atoms with E-state index in [-0.39, 0.29) is 29.7 Å². The van der Waals surface area contributed by atoms with Crippen molar-refractivity contribution >= 4 is 11.8 Å². The monoisotopic (exact) mass is 438 g/mol. The summed E-state index contributed by atoms with van der Waals surface area (Å²) in [7, 11) is 0. The first-order chi connectivity index (χ1) is 15.3. The van der Waals surface area contributed by atoms with Crippen molar-refractivity contribution in [2.24, 2.45) is 11.8 Å². The molecule has 1 aromatic rings. The molecule has 0 radical (unpaired) electrons. The van der Waals surface area contributed by atoms with E-state index in [2.05, 4.69) is 44.2 Å². The Morgan fingerprint density at radius 2 is 2.00 bits per heavy atom. The zero-order chi connectivity index (χ0) is 23.5. The second-order valence-electron chi connectivity index (χ2n) is 9.10. The number of benzene rings is 1. The number of hydrogen-bond donors (Lipinski definition) is 1. The molecular weight excluding hydrogens is 400 g/mol. The van der Waals surface area contributed by atoms with Crippen molar-refractivity contribution in [1.29, 1.82) is 0 Å². The van der Waals surface area contributed by atoms with Crippen LogP contribution in [0.5, 0.6) is 0 Å².